The number of anilines is 1. The number of fused-ring (bicyclic) bond motifs is 2. The summed E-state index contributed by atoms with van der Waals surface area (Å²) in [5.41, 5.74) is 4.79. The Morgan fingerprint density at radius 2 is 1.58 bits per heavy atom. The van der Waals surface area contributed by atoms with E-state index in [0.29, 0.717) is 28.9 Å². The molecule has 2 fully saturated rings. The molecule has 0 aliphatic carbocycles. The fourth-order valence-corrected chi connectivity index (χ4v) is 5.20. The Labute approximate surface area is 191 Å². The lowest BCUT2D eigenvalue weighted by atomic mass is 10.0. The number of carbonyl (C=O) groups is 1. The molecule has 0 saturated carbocycles. The van der Waals surface area contributed by atoms with Gasteiger partial charge in [-0.15, -0.1) is 0 Å². The van der Waals surface area contributed by atoms with Crippen LogP contribution in [0, 0.1) is 25.7 Å². The predicted molar refractivity (Wildman–Crippen MR) is 125 cm³/mol. The van der Waals surface area contributed by atoms with Crippen LogP contribution in [0.5, 0.6) is 0 Å². The zero-order chi connectivity index (χ0) is 22.5. The number of aryl methyl sites for hydroxylation is 2. The minimum Gasteiger partial charge on any atom is -0.340 e. The van der Waals surface area contributed by atoms with E-state index in [4.69, 9.17) is 4.98 Å². The summed E-state index contributed by atoms with van der Waals surface area (Å²) in [6.07, 6.45) is 1.70. The first-order valence-electron chi connectivity index (χ1n) is 11.3. The minimum absolute atomic E-state index is 0.0105. The van der Waals surface area contributed by atoms with Gasteiger partial charge in [0.15, 0.2) is 11.3 Å². The second-order valence-corrected chi connectivity index (χ2v) is 9.05. The van der Waals surface area contributed by atoms with E-state index >= 15 is 0 Å². The summed E-state index contributed by atoms with van der Waals surface area (Å²) in [6, 6.07) is 15.6. The van der Waals surface area contributed by atoms with Crippen molar-refractivity contribution in [2.45, 2.75) is 13.8 Å². The van der Waals surface area contributed by atoms with E-state index < -0.39 is 0 Å². The van der Waals surface area contributed by atoms with Crippen LogP contribution in [0.4, 0.5) is 5.95 Å². The van der Waals surface area contributed by atoms with Crippen LogP contribution in [-0.2, 0) is 0 Å². The molecule has 0 radical (unpaired) electrons. The normalized spacial score (nSPS) is 19.9. The lowest BCUT2D eigenvalue weighted by Gasteiger charge is -2.22. The van der Waals surface area contributed by atoms with Crippen LogP contribution in [0.25, 0.3) is 16.9 Å². The van der Waals surface area contributed by atoms with Crippen molar-refractivity contribution in [2.24, 2.45) is 11.8 Å². The number of benzene rings is 1. The summed E-state index contributed by atoms with van der Waals surface area (Å²) in [6.45, 7) is 7.19. The molecule has 2 saturated heterocycles. The number of nitrogens with zero attached hydrogens (tertiary/aromatic N) is 7. The maximum Gasteiger partial charge on any atom is 0.274 e. The van der Waals surface area contributed by atoms with Gasteiger partial charge in [0.1, 0.15) is 5.69 Å². The zero-order valence-corrected chi connectivity index (χ0v) is 18.7. The van der Waals surface area contributed by atoms with Gasteiger partial charge in [-0.3, -0.25) is 4.79 Å². The molecule has 3 aromatic heterocycles. The van der Waals surface area contributed by atoms with Gasteiger partial charge >= 0.3 is 0 Å². The third-order valence-corrected chi connectivity index (χ3v) is 6.67. The maximum atomic E-state index is 13.8. The van der Waals surface area contributed by atoms with Crippen molar-refractivity contribution < 1.29 is 4.79 Å². The fraction of sp³-hybridized carbons (Fsp3) is 0.320. The molecule has 166 valence electrons. The van der Waals surface area contributed by atoms with Crippen LogP contribution in [0.2, 0.25) is 0 Å². The monoisotopic (exact) mass is 439 g/mol. The van der Waals surface area contributed by atoms with E-state index in [1.807, 2.05) is 67.3 Å². The van der Waals surface area contributed by atoms with Crippen molar-refractivity contribution in [1.82, 2.24) is 29.5 Å². The average molecular weight is 440 g/mol. The minimum atomic E-state index is -0.0105. The summed E-state index contributed by atoms with van der Waals surface area (Å²) in [5.74, 6) is 1.61. The summed E-state index contributed by atoms with van der Waals surface area (Å²) in [4.78, 5) is 32.0. The quantitative estimate of drug-likeness (QED) is 0.488. The molecule has 8 heteroatoms. The van der Waals surface area contributed by atoms with Crippen LogP contribution in [0.1, 0.15) is 21.9 Å². The second-order valence-electron chi connectivity index (χ2n) is 9.05. The van der Waals surface area contributed by atoms with Gasteiger partial charge in [-0.25, -0.2) is 19.5 Å². The SMILES string of the molecule is Cc1cc(C)nc(N2CC3CN(C(=O)c4c(-c5ccccc5)nc5cccnn45)CC3C2)n1. The van der Waals surface area contributed by atoms with Gasteiger partial charge in [-0.05, 0) is 32.0 Å². The van der Waals surface area contributed by atoms with Crippen LogP contribution in [0.15, 0.2) is 54.7 Å². The highest BCUT2D eigenvalue weighted by atomic mass is 16.2. The largest absolute Gasteiger partial charge is 0.340 e. The van der Waals surface area contributed by atoms with Crippen molar-refractivity contribution >= 4 is 17.5 Å². The van der Waals surface area contributed by atoms with E-state index in [0.717, 1.165) is 49.1 Å². The molecule has 1 aromatic carbocycles. The Hall–Kier alpha value is -3.81. The molecule has 2 unspecified atom stereocenters. The number of carbonyl (C=O) groups excluding carboxylic acids is 1. The molecule has 5 heterocycles. The summed E-state index contributed by atoms with van der Waals surface area (Å²) in [5, 5.41) is 4.44. The number of likely N-dealkylation sites (tertiary alicyclic amines) is 1. The van der Waals surface area contributed by atoms with E-state index in [-0.39, 0.29) is 5.91 Å². The van der Waals surface area contributed by atoms with E-state index in [9.17, 15) is 4.79 Å². The van der Waals surface area contributed by atoms with Crippen molar-refractivity contribution in [3.63, 3.8) is 0 Å². The number of imidazole rings is 1. The van der Waals surface area contributed by atoms with Gasteiger partial charge in [0, 0.05) is 61.2 Å². The highest BCUT2D eigenvalue weighted by Gasteiger charge is 2.43. The van der Waals surface area contributed by atoms with Crippen LogP contribution in [-0.4, -0.2) is 61.6 Å². The lowest BCUT2D eigenvalue weighted by Crippen LogP contribution is -2.34. The molecule has 2 aliphatic rings. The third kappa shape index (κ3) is 3.42. The number of amides is 1. The summed E-state index contributed by atoms with van der Waals surface area (Å²) < 4.78 is 1.68. The Morgan fingerprint density at radius 1 is 0.879 bits per heavy atom. The maximum absolute atomic E-state index is 13.8. The Morgan fingerprint density at radius 3 is 2.27 bits per heavy atom. The summed E-state index contributed by atoms with van der Waals surface area (Å²) >= 11 is 0. The molecular weight excluding hydrogens is 414 g/mol. The third-order valence-electron chi connectivity index (χ3n) is 6.67. The molecule has 0 N–H and O–H groups in total. The second kappa shape index (κ2) is 7.65. The summed E-state index contributed by atoms with van der Waals surface area (Å²) in [7, 11) is 0. The molecule has 2 atom stereocenters. The Balaban J connectivity index is 1.27. The standard InChI is InChI=1S/C25H25N7O/c1-16-11-17(2)28-25(27-16)31-14-19-12-30(13-20(19)15-31)24(33)23-22(18-7-4-3-5-8-18)29-21-9-6-10-26-32(21)23/h3-11,19-20H,12-15H2,1-2H3. The Kier molecular flexibility index (Phi) is 4.60. The van der Waals surface area contributed by atoms with Gasteiger partial charge in [-0.1, -0.05) is 30.3 Å². The van der Waals surface area contributed by atoms with Crippen molar-refractivity contribution in [3.05, 3.63) is 71.8 Å². The first-order valence-corrected chi connectivity index (χ1v) is 11.3. The molecule has 1 amide bonds. The van der Waals surface area contributed by atoms with Gasteiger partial charge in [-0.2, -0.15) is 5.10 Å². The van der Waals surface area contributed by atoms with E-state index in [1.54, 1.807) is 10.7 Å². The van der Waals surface area contributed by atoms with Crippen LogP contribution < -0.4 is 4.90 Å². The van der Waals surface area contributed by atoms with Crippen molar-refractivity contribution in [2.75, 3.05) is 31.1 Å². The Bertz CT molecular complexity index is 1320. The molecule has 2 aliphatic heterocycles. The van der Waals surface area contributed by atoms with E-state index in [1.165, 1.54) is 0 Å². The van der Waals surface area contributed by atoms with Crippen LogP contribution >= 0.6 is 0 Å². The van der Waals surface area contributed by atoms with Gasteiger partial charge in [0.2, 0.25) is 5.95 Å². The number of rotatable bonds is 3. The molecule has 0 spiro atoms. The molecule has 33 heavy (non-hydrogen) atoms. The van der Waals surface area contributed by atoms with Crippen LogP contribution in [0.3, 0.4) is 0 Å². The molecule has 4 aromatic rings. The molecule has 8 nitrogen and oxygen atoms in total. The molecule has 6 rings (SSSR count). The fourth-order valence-electron chi connectivity index (χ4n) is 5.20. The number of hydrogen-bond acceptors (Lipinski definition) is 6. The van der Waals surface area contributed by atoms with Crippen molar-refractivity contribution in [3.8, 4) is 11.3 Å². The first-order chi connectivity index (χ1) is 16.1. The average Bonchev–Trinajstić information content (AvgIpc) is 3.50. The van der Waals surface area contributed by atoms with Gasteiger partial charge in [0.05, 0.1) is 0 Å². The number of hydrogen-bond donors (Lipinski definition) is 0. The lowest BCUT2D eigenvalue weighted by molar-refractivity contribution is 0.0775. The highest BCUT2D eigenvalue weighted by Crippen LogP contribution is 2.35. The topological polar surface area (TPSA) is 79.5 Å². The highest BCUT2D eigenvalue weighted by molar-refractivity contribution is 5.99. The molecular formula is C25H25N7O. The smallest absolute Gasteiger partial charge is 0.274 e. The van der Waals surface area contributed by atoms with E-state index in [2.05, 4.69) is 20.0 Å². The number of aromatic nitrogens is 5. The first kappa shape index (κ1) is 19.8. The van der Waals surface area contributed by atoms with Gasteiger partial charge in [0.25, 0.3) is 5.91 Å². The van der Waals surface area contributed by atoms with Crippen molar-refractivity contribution in [1.29, 1.82) is 0 Å². The predicted octanol–water partition coefficient (Wildman–Crippen LogP) is 3.01. The molecule has 0 bridgehead atoms. The van der Waals surface area contributed by atoms with Gasteiger partial charge < -0.3 is 9.80 Å². The zero-order valence-electron chi connectivity index (χ0n) is 18.7.